The summed E-state index contributed by atoms with van der Waals surface area (Å²) >= 11 is 0. The van der Waals surface area contributed by atoms with E-state index in [0.29, 0.717) is 12.1 Å². The van der Waals surface area contributed by atoms with Gasteiger partial charge in [-0.15, -0.1) is 10.2 Å². The summed E-state index contributed by atoms with van der Waals surface area (Å²) in [4.78, 5) is 5.12. The summed E-state index contributed by atoms with van der Waals surface area (Å²) in [5, 5.41) is 17.5. The van der Waals surface area contributed by atoms with Crippen molar-refractivity contribution in [2.75, 3.05) is 6.67 Å². The van der Waals surface area contributed by atoms with Gasteiger partial charge in [0, 0.05) is 12.1 Å². The number of hydrogen-bond acceptors (Lipinski definition) is 6. The maximum absolute atomic E-state index is 4.42. The minimum atomic E-state index is 0.557. The molecule has 1 aliphatic carbocycles. The molecule has 2 atom stereocenters. The Morgan fingerprint density at radius 1 is 0.690 bits per heavy atom. The summed E-state index contributed by atoms with van der Waals surface area (Å²) in [5.41, 5.74) is 4.11. The molecule has 1 saturated carbocycles. The number of rotatable bonds is 4. The first-order chi connectivity index (χ1) is 14.4. The summed E-state index contributed by atoms with van der Waals surface area (Å²) < 4.78 is 4.07. The van der Waals surface area contributed by atoms with Crippen LogP contribution in [0.25, 0.3) is 22.1 Å². The molecule has 0 radical (unpaired) electrons. The van der Waals surface area contributed by atoms with Crippen LogP contribution in [0.1, 0.15) is 25.7 Å². The van der Waals surface area contributed by atoms with Crippen molar-refractivity contribution in [1.29, 1.82) is 0 Å². The molecule has 4 aromatic rings. The maximum atomic E-state index is 4.42. The first kappa shape index (κ1) is 17.1. The normalized spacial score (nSPS) is 23.2. The van der Waals surface area contributed by atoms with E-state index in [9.17, 15) is 0 Å². The van der Waals surface area contributed by atoms with E-state index in [2.05, 4.69) is 54.7 Å². The molecule has 0 spiro atoms. The fourth-order valence-electron chi connectivity index (χ4n) is 5.07. The smallest absolute Gasteiger partial charge is 0.113 e. The highest BCUT2D eigenvalue weighted by Gasteiger charge is 2.41. The Labute approximate surface area is 168 Å². The van der Waals surface area contributed by atoms with Crippen molar-refractivity contribution in [3.63, 3.8) is 0 Å². The highest BCUT2D eigenvalue weighted by molar-refractivity contribution is 5.74. The number of fused-ring (bicyclic) bond motifs is 3. The zero-order chi connectivity index (χ0) is 19.2. The second-order valence-corrected chi connectivity index (χ2v) is 8.18. The van der Waals surface area contributed by atoms with E-state index in [0.717, 1.165) is 42.1 Å². The number of aromatic nitrogens is 6. The van der Waals surface area contributed by atoms with Crippen molar-refractivity contribution in [2.24, 2.45) is 0 Å². The van der Waals surface area contributed by atoms with Gasteiger partial charge in [-0.25, -0.2) is 9.36 Å². The second kappa shape index (κ2) is 6.89. The molecule has 148 valence electrons. The van der Waals surface area contributed by atoms with Gasteiger partial charge in [-0.2, -0.15) is 0 Å². The minimum absolute atomic E-state index is 0.557. The fraction of sp³-hybridized carbons (Fsp3) is 0.429. The summed E-state index contributed by atoms with van der Waals surface area (Å²) in [5.74, 6) is 0. The highest BCUT2D eigenvalue weighted by Crippen LogP contribution is 2.34. The Kier molecular flexibility index (Phi) is 4.05. The van der Waals surface area contributed by atoms with E-state index in [4.69, 9.17) is 0 Å². The minimum Gasteiger partial charge on any atom is -0.267 e. The molecule has 29 heavy (non-hydrogen) atoms. The van der Waals surface area contributed by atoms with E-state index in [1.165, 1.54) is 25.7 Å². The van der Waals surface area contributed by atoms with Gasteiger partial charge in [-0.3, -0.25) is 9.80 Å². The van der Waals surface area contributed by atoms with Gasteiger partial charge in [0.25, 0.3) is 0 Å². The number of hydrogen-bond donors (Lipinski definition) is 0. The first-order valence-corrected chi connectivity index (χ1v) is 10.4. The van der Waals surface area contributed by atoms with Gasteiger partial charge in [0.2, 0.25) is 0 Å². The zero-order valence-corrected chi connectivity index (χ0v) is 16.3. The van der Waals surface area contributed by atoms with Gasteiger partial charge in [0.1, 0.15) is 11.0 Å². The van der Waals surface area contributed by atoms with E-state index in [1.807, 2.05) is 33.6 Å². The monoisotopic (exact) mass is 388 g/mol. The van der Waals surface area contributed by atoms with Crippen LogP contribution >= 0.6 is 0 Å². The zero-order valence-electron chi connectivity index (χ0n) is 16.3. The lowest BCUT2D eigenvalue weighted by atomic mass is 9.90. The topological polar surface area (TPSA) is 67.9 Å². The van der Waals surface area contributed by atoms with Crippen LogP contribution in [0.4, 0.5) is 0 Å². The van der Waals surface area contributed by atoms with Crippen LogP contribution in [-0.4, -0.2) is 58.5 Å². The Morgan fingerprint density at radius 2 is 1.17 bits per heavy atom. The molecule has 6 rings (SSSR count). The van der Waals surface area contributed by atoms with Gasteiger partial charge in [-0.05, 0) is 37.1 Å². The largest absolute Gasteiger partial charge is 0.267 e. The third-order valence-electron chi connectivity index (χ3n) is 6.47. The van der Waals surface area contributed by atoms with Crippen molar-refractivity contribution in [3.05, 3.63) is 48.5 Å². The Balaban J connectivity index is 1.27. The molecular formula is C21H24N8. The molecule has 0 N–H and O–H groups in total. The molecule has 0 amide bonds. The number of para-hydroxylation sites is 2. The van der Waals surface area contributed by atoms with Gasteiger partial charge in [0.15, 0.2) is 0 Å². The van der Waals surface area contributed by atoms with Gasteiger partial charge in [0.05, 0.1) is 31.0 Å². The maximum Gasteiger partial charge on any atom is 0.113 e. The predicted molar refractivity (Wildman–Crippen MR) is 110 cm³/mol. The number of benzene rings is 2. The average molecular weight is 388 g/mol. The van der Waals surface area contributed by atoms with Crippen molar-refractivity contribution >= 4 is 22.1 Å². The Morgan fingerprint density at radius 3 is 1.69 bits per heavy atom. The van der Waals surface area contributed by atoms with Crippen LogP contribution in [0, 0.1) is 0 Å². The Bertz CT molecular complexity index is 1060. The van der Waals surface area contributed by atoms with Gasteiger partial charge >= 0.3 is 0 Å². The molecule has 1 aliphatic heterocycles. The predicted octanol–water partition coefficient (Wildman–Crippen LogP) is 2.68. The molecule has 3 heterocycles. The summed E-state index contributed by atoms with van der Waals surface area (Å²) in [6, 6.07) is 17.5. The van der Waals surface area contributed by atoms with Crippen LogP contribution in [0.5, 0.6) is 0 Å². The highest BCUT2D eigenvalue weighted by atomic mass is 15.6. The van der Waals surface area contributed by atoms with Crippen LogP contribution in [0.2, 0.25) is 0 Å². The SMILES string of the molecule is c1ccc2c(c1)nnn2CN1CN(Cn2nnc3ccccc32)[C@@H]2CCCC[C@H]21. The quantitative estimate of drug-likeness (QED) is 0.535. The molecule has 2 aliphatic rings. The van der Waals surface area contributed by atoms with Crippen molar-refractivity contribution < 1.29 is 0 Å². The summed E-state index contributed by atoms with van der Waals surface area (Å²) in [7, 11) is 0. The van der Waals surface area contributed by atoms with Gasteiger partial charge < -0.3 is 0 Å². The van der Waals surface area contributed by atoms with E-state index < -0.39 is 0 Å². The van der Waals surface area contributed by atoms with Gasteiger partial charge in [-0.1, -0.05) is 47.5 Å². The first-order valence-electron chi connectivity index (χ1n) is 10.4. The van der Waals surface area contributed by atoms with Crippen LogP contribution in [0.15, 0.2) is 48.5 Å². The van der Waals surface area contributed by atoms with E-state index in [-0.39, 0.29) is 0 Å². The molecule has 0 unspecified atom stereocenters. The lowest BCUT2D eigenvalue weighted by molar-refractivity contribution is 0.150. The molecule has 2 aromatic carbocycles. The van der Waals surface area contributed by atoms with E-state index in [1.54, 1.807) is 0 Å². The van der Waals surface area contributed by atoms with E-state index >= 15 is 0 Å². The van der Waals surface area contributed by atoms with Crippen molar-refractivity contribution in [1.82, 2.24) is 39.8 Å². The van der Waals surface area contributed by atoms with Crippen LogP contribution < -0.4 is 0 Å². The number of nitrogens with zero attached hydrogens (tertiary/aromatic N) is 8. The Hall–Kier alpha value is -2.84. The second-order valence-electron chi connectivity index (χ2n) is 8.18. The third kappa shape index (κ3) is 2.90. The fourth-order valence-corrected chi connectivity index (χ4v) is 5.07. The molecule has 8 nitrogen and oxygen atoms in total. The molecule has 0 bridgehead atoms. The summed E-state index contributed by atoms with van der Waals surface area (Å²) in [6.07, 6.45) is 5.09. The molecular weight excluding hydrogens is 364 g/mol. The lowest BCUT2D eigenvalue weighted by Gasteiger charge is -2.32. The summed E-state index contributed by atoms with van der Waals surface area (Å²) in [6.45, 7) is 2.46. The standard InChI is InChI=1S/C21H24N8/c1-3-9-18-16(7-1)22-24-28(18)14-26-13-27(21-12-6-5-11-20(21)26)15-29-19-10-4-2-8-17(19)23-25-29/h1-4,7-10,20-21H,5-6,11-15H2/t20-,21-/m1/s1. The van der Waals surface area contributed by atoms with Crippen molar-refractivity contribution in [2.45, 2.75) is 51.1 Å². The average Bonchev–Trinajstić information content (AvgIpc) is 3.46. The van der Waals surface area contributed by atoms with Crippen LogP contribution in [0.3, 0.4) is 0 Å². The molecule has 2 fully saturated rings. The molecule has 2 aromatic heterocycles. The molecule has 1 saturated heterocycles. The van der Waals surface area contributed by atoms with Crippen LogP contribution in [-0.2, 0) is 13.3 Å². The lowest BCUT2D eigenvalue weighted by Crippen LogP contribution is -2.40. The van der Waals surface area contributed by atoms with Crippen molar-refractivity contribution in [3.8, 4) is 0 Å². The third-order valence-corrected chi connectivity index (χ3v) is 6.47. The molecule has 8 heteroatoms.